The number of ether oxygens (including phenoxy) is 2. The highest BCUT2D eigenvalue weighted by molar-refractivity contribution is 5.73. The Morgan fingerprint density at radius 2 is 1.81 bits per heavy atom. The van der Waals surface area contributed by atoms with Crippen molar-refractivity contribution >= 4 is 11.9 Å². The second-order valence-corrected chi connectivity index (χ2v) is 20.0. The molecule has 2 heterocycles. The third kappa shape index (κ3) is 6.13. The molecule has 12 atom stereocenters. The van der Waals surface area contributed by atoms with Crippen molar-refractivity contribution < 1.29 is 19.4 Å². The van der Waals surface area contributed by atoms with E-state index in [1.165, 1.54) is 24.8 Å². The fourth-order valence-corrected chi connectivity index (χ4v) is 13.8. The quantitative estimate of drug-likeness (QED) is 0.143. The van der Waals surface area contributed by atoms with Gasteiger partial charge < -0.3 is 20.3 Å². The van der Waals surface area contributed by atoms with Gasteiger partial charge in [0, 0.05) is 11.0 Å². The third-order valence-corrected chi connectivity index (χ3v) is 17.2. The number of carbonyl (C=O) groups is 1. The maximum absolute atomic E-state index is 13.6. The van der Waals surface area contributed by atoms with Gasteiger partial charge in [0.1, 0.15) is 6.04 Å². The summed E-state index contributed by atoms with van der Waals surface area (Å²) >= 11 is 0. The van der Waals surface area contributed by atoms with Crippen molar-refractivity contribution in [1.82, 2.24) is 25.1 Å². The number of anilines is 1. The van der Waals surface area contributed by atoms with E-state index in [9.17, 15) is 9.90 Å². The summed E-state index contributed by atoms with van der Waals surface area (Å²) in [5, 5.41) is 24.6. The molecule has 1 unspecified atom stereocenters. The lowest BCUT2D eigenvalue weighted by Crippen LogP contribution is -2.70. The van der Waals surface area contributed by atoms with Gasteiger partial charge in [-0.1, -0.05) is 105 Å². The first-order valence-corrected chi connectivity index (χ1v) is 21.3. The number of allylic oxidation sites excluding steroid dienone is 1. The van der Waals surface area contributed by atoms with Crippen LogP contribution in [0.4, 0.5) is 5.95 Å². The van der Waals surface area contributed by atoms with Crippen molar-refractivity contribution in [3.8, 4) is 0 Å². The molecule has 3 N–H and O–H groups in total. The van der Waals surface area contributed by atoms with E-state index < -0.39 is 22.7 Å². The summed E-state index contributed by atoms with van der Waals surface area (Å²) in [7, 11) is 0. The second kappa shape index (κ2) is 14.5. The molecular formula is C43H74N6O4. The van der Waals surface area contributed by atoms with E-state index >= 15 is 0 Å². The summed E-state index contributed by atoms with van der Waals surface area (Å²) in [6.07, 6.45) is 12.6. The van der Waals surface area contributed by atoms with Crippen LogP contribution < -0.4 is 5.73 Å². The predicted molar refractivity (Wildman–Crippen MR) is 210 cm³/mol. The Hall–Kier alpha value is -2.04. The number of nitrogens with two attached hydrogens (primary N) is 1. The zero-order valence-electron chi connectivity index (χ0n) is 35.2. The summed E-state index contributed by atoms with van der Waals surface area (Å²) in [4.78, 5) is 18.0. The molecule has 1 aromatic rings. The number of carboxylic acids is 1. The molecule has 1 saturated heterocycles. The van der Waals surface area contributed by atoms with Crippen LogP contribution in [0.5, 0.6) is 0 Å². The number of hydrogen-bond donors (Lipinski definition) is 2. The number of nitrogen functional groups attached to an aromatic ring is 1. The molecule has 0 aromatic carbocycles. The van der Waals surface area contributed by atoms with Gasteiger partial charge in [-0.3, -0.25) is 9.69 Å². The van der Waals surface area contributed by atoms with Crippen LogP contribution in [-0.2, 0) is 14.3 Å². The van der Waals surface area contributed by atoms with E-state index in [-0.39, 0.29) is 45.8 Å². The second-order valence-electron chi connectivity index (χ2n) is 20.0. The van der Waals surface area contributed by atoms with Gasteiger partial charge in [-0.05, 0) is 116 Å². The summed E-state index contributed by atoms with van der Waals surface area (Å²) in [5.41, 5.74) is 6.13. The molecule has 2 bridgehead atoms. The smallest absolute Gasteiger partial charge is 0.307 e. The number of tetrazole rings is 1. The lowest BCUT2D eigenvalue weighted by atomic mass is 9.34. The number of nitrogens with zero attached hydrogens (tertiary/aromatic N) is 5. The SMILES string of the molecule is CCCCCC(C)(CO[C@H]1[C@H](n2nnc(N)n2)C[C@]2(C)COC[C@@]13C1=CC[C@@]4(C)[C@H](C(=O)O)[C@@](C)([C@H](C)C(C)C)CC[C@]4(C)[C@H]1CC[C@H]23)N(CC)CC. The molecular weight excluding hydrogens is 665 g/mol. The Labute approximate surface area is 320 Å². The van der Waals surface area contributed by atoms with Gasteiger partial charge in [0.2, 0.25) is 0 Å². The fraction of sp³-hybridized carbons (Fsp3) is 0.907. The summed E-state index contributed by atoms with van der Waals surface area (Å²) in [6, 6.07) is -0.157. The van der Waals surface area contributed by atoms with Crippen molar-refractivity contribution in [3.63, 3.8) is 0 Å². The van der Waals surface area contributed by atoms with E-state index in [0.717, 1.165) is 58.0 Å². The van der Waals surface area contributed by atoms with E-state index in [2.05, 4.69) is 103 Å². The minimum absolute atomic E-state index is 0.108. The first-order valence-electron chi connectivity index (χ1n) is 21.3. The first kappa shape index (κ1) is 40.6. The molecule has 0 spiro atoms. The highest BCUT2D eigenvalue weighted by Gasteiger charge is 2.73. The maximum atomic E-state index is 13.6. The van der Waals surface area contributed by atoms with Crippen LogP contribution in [0.2, 0.25) is 0 Å². The molecule has 0 amide bonds. The summed E-state index contributed by atoms with van der Waals surface area (Å²) < 4.78 is 14.4. The number of aliphatic carboxylic acids is 1. The Morgan fingerprint density at radius 1 is 1.09 bits per heavy atom. The van der Waals surface area contributed by atoms with Crippen molar-refractivity contribution in [2.75, 3.05) is 38.6 Å². The number of aromatic nitrogens is 4. The van der Waals surface area contributed by atoms with Crippen molar-refractivity contribution in [3.05, 3.63) is 11.6 Å². The van der Waals surface area contributed by atoms with Gasteiger partial charge in [0.05, 0.1) is 31.8 Å². The molecule has 10 nitrogen and oxygen atoms in total. The number of fused-ring (bicyclic) bond motifs is 3. The van der Waals surface area contributed by atoms with E-state index in [1.54, 1.807) is 4.80 Å². The Kier molecular flexibility index (Phi) is 11.1. The number of likely N-dealkylation sites (N-methyl/N-ethyl adjacent to an activating group) is 1. The van der Waals surface area contributed by atoms with Gasteiger partial charge in [-0.15, -0.1) is 5.10 Å². The van der Waals surface area contributed by atoms with Crippen molar-refractivity contribution in [2.24, 2.45) is 56.7 Å². The van der Waals surface area contributed by atoms with Gasteiger partial charge in [0.25, 0.3) is 5.95 Å². The molecule has 4 fully saturated rings. The van der Waals surface area contributed by atoms with Crippen LogP contribution in [0.3, 0.4) is 0 Å². The van der Waals surface area contributed by atoms with Crippen LogP contribution in [0.15, 0.2) is 11.6 Å². The van der Waals surface area contributed by atoms with Gasteiger partial charge in [0.15, 0.2) is 0 Å². The lowest BCUT2D eigenvalue weighted by Gasteiger charge is -2.71. The summed E-state index contributed by atoms with van der Waals surface area (Å²) in [6.45, 7) is 29.3. The predicted octanol–water partition coefficient (Wildman–Crippen LogP) is 8.45. The molecule has 1 aliphatic heterocycles. The highest BCUT2D eigenvalue weighted by Crippen LogP contribution is 2.75. The molecule has 300 valence electrons. The van der Waals surface area contributed by atoms with Gasteiger partial charge in [-0.25, -0.2) is 0 Å². The molecule has 53 heavy (non-hydrogen) atoms. The number of unbranched alkanes of at least 4 members (excludes halogenated alkanes) is 2. The number of rotatable bonds is 14. The maximum Gasteiger partial charge on any atom is 0.307 e. The van der Waals surface area contributed by atoms with Crippen LogP contribution in [0.1, 0.15) is 146 Å². The average Bonchev–Trinajstić information content (AvgIpc) is 3.54. The van der Waals surface area contributed by atoms with E-state index in [1.807, 2.05) is 0 Å². The van der Waals surface area contributed by atoms with Crippen LogP contribution in [0.25, 0.3) is 0 Å². The molecule has 1 aromatic heterocycles. The van der Waals surface area contributed by atoms with Gasteiger partial charge in [-0.2, -0.15) is 4.80 Å². The highest BCUT2D eigenvalue weighted by atomic mass is 16.5. The molecule has 10 heteroatoms. The Morgan fingerprint density at radius 3 is 2.42 bits per heavy atom. The zero-order chi connectivity index (χ0) is 38.8. The van der Waals surface area contributed by atoms with Crippen molar-refractivity contribution in [1.29, 1.82) is 0 Å². The normalized spacial score (nSPS) is 41.2. The van der Waals surface area contributed by atoms with Crippen LogP contribution >= 0.6 is 0 Å². The zero-order valence-corrected chi connectivity index (χ0v) is 35.2. The molecule has 0 radical (unpaired) electrons. The largest absolute Gasteiger partial charge is 0.481 e. The average molecular weight is 739 g/mol. The number of hydrogen-bond acceptors (Lipinski definition) is 8. The minimum Gasteiger partial charge on any atom is -0.481 e. The molecule has 6 rings (SSSR count). The van der Waals surface area contributed by atoms with Gasteiger partial charge >= 0.3 is 5.97 Å². The molecule has 3 saturated carbocycles. The third-order valence-electron chi connectivity index (χ3n) is 17.2. The van der Waals surface area contributed by atoms with Crippen molar-refractivity contribution in [2.45, 2.75) is 158 Å². The topological polar surface area (TPSA) is 129 Å². The van der Waals surface area contributed by atoms with Crippen LogP contribution in [0, 0.1) is 56.7 Å². The fourth-order valence-electron chi connectivity index (χ4n) is 13.8. The first-order chi connectivity index (χ1) is 24.9. The Bertz CT molecular complexity index is 1510. The molecule has 5 aliphatic rings. The standard InChI is InChI=1S/C43H74N6O4/c1-12-15-16-20-39(8,48(13-2)14-3)26-53-35-32(49-46-37(44)45-47-49)24-38(7)25-52-27-43(35)31-19-21-42(11)34(36(50)51)40(9,29(6)28(4)5)22-23-41(42,10)30(31)17-18-33(38)43/h19,28-30,32-35H,12-18,20-27H2,1-11H3,(H2,44,46)(H,50,51)/t29-,30+,32-,33-,34-,35+,38-,39?,40-,41-,42+,43+/m1/s1. The van der Waals surface area contributed by atoms with E-state index in [0.29, 0.717) is 37.6 Å². The monoisotopic (exact) mass is 739 g/mol. The lowest BCUT2D eigenvalue weighted by molar-refractivity contribution is -0.257. The molecule has 4 aliphatic carbocycles. The van der Waals surface area contributed by atoms with Crippen LogP contribution in [-0.4, -0.2) is 80.7 Å². The minimum atomic E-state index is -0.627. The van der Waals surface area contributed by atoms with E-state index in [4.69, 9.17) is 15.2 Å². The number of carboxylic acid groups (broad SMARTS) is 1. The summed E-state index contributed by atoms with van der Waals surface area (Å²) in [5.74, 6) is 0.444. The Balaban J connectivity index is 1.49.